The summed E-state index contributed by atoms with van der Waals surface area (Å²) in [6.45, 7) is 5.94. The van der Waals surface area contributed by atoms with Crippen LogP contribution >= 0.6 is 0 Å². The van der Waals surface area contributed by atoms with Crippen molar-refractivity contribution in [3.63, 3.8) is 0 Å². The Morgan fingerprint density at radius 1 is 1.30 bits per heavy atom. The lowest BCUT2D eigenvalue weighted by Crippen LogP contribution is -2.59. The lowest BCUT2D eigenvalue weighted by Gasteiger charge is -2.38. The van der Waals surface area contributed by atoms with Crippen LogP contribution in [0.5, 0.6) is 0 Å². The minimum atomic E-state index is -1.08. The monoisotopic (exact) mass is 458 g/mol. The maximum atomic E-state index is 13.8. The number of nitrogens with one attached hydrogen (secondary N) is 1. The molecule has 0 saturated carbocycles. The first-order valence-corrected chi connectivity index (χ1v) is 12.0. The summed E-state index contributed by atoms with van der Waals surface area (Å²) >= 11 is 0. The zero-order chi connectivity index (χ0) is 23.8. The normalized spacial score (nSPS) is 31.9. The minimum absolute atomic E-state index is 0.0307. The number of aliphatic hydroxyl groups excluding tert-OH is 1. The van der Waals surface area contributed by atoms with Gasteiger partial charge in [0.25, 0.3) is 0 Å². The van der Waals surface area contributed by atoms with E-state index in [9.17, 15) is 19.5 Å². The summed E-state index contributed by atoms with van der Waals surface area (Å²) in [6, 6.07) is 8.10. The Bertz CT molecular complexity index is 892. The van der Waals surface area contributed by atoms with Crippen molar-refractivity contribution in [1.82, 2.24) is 10.2 Å². The van der Waals surface area contributed by atoms with E-state index in [1.54, 1.807) is 6.92 Å². The number of aliphatic hydroxyl groups is 1. The molecule has 1 spiro atoms. The van der Waals surface area contributed by atoms with E-state index in [0.717, 1.165) is 12.0 Å². The molecule has 3 heterocycles. The van der Waals surface area contributed by atoms with Crippen LogP contribution in [-0.2, 0) is 30.4 Å². The first kappa shape index (κ1) is 23.7. The summed E-state index contributed by atoms with van der Waals surface area (Å²) < 4.78 is 11.6. The van der Waals surface area contributed by atoms with Gasteiger partial charge in [0.2, 0.25) is 11.8 Å². The number of carbonyl (C=O) groups excluding carboxylic acids is 3. The lowest BCUT2D eigenvalue weighted by molar-refractivity contribution is -0.156. The summed E-state index contributed by atoms with van der Waals surface area (Å²) in [5.41, 5.74) is -0.140. The highest BCUT2D eigenvalue weighted by atomic mass is 16.6. The Hall–Kier alpha value is -2.45. The maximum Gasteiger partial charge on any atom is 0.312 e. The molecular formula is C25H34N2O6. The molecule has 3 aliphatic heterocycles. The first-order chi connectivity index (χ1) is 15.9. The van der Waals surface area contributed by atoms with E-state index in [1.807, 2.05) is 44.2 Å². The van der Waals surface area contributed by atoms with E-state index in [2.05, 4.69) is 5.32 Å². The molecule has 3 saturated heterocycles. The van der Waals surface area contributed by atoms with Gasteiger partial charge >= 0.3 is 5.97 Å². The molecule has 8 heteroatoms. The van der Waals surface area contributed by atoms with Crippen LogP contribution in [0, 0.1) is 17.8 Å². The zero-order valence-electron chi connectivity index (χ0n) is 19.5. The second kappa shape index (κ2) is 9.43. The summed E-state index contributed by atoms with van der Waals surface area (Å²) in [6.07, 6.45) is 1.41. The SMILES string of the molecule is CCOC(=O)[C@@H]1[C@@H]2CCC3(O2)C(C(=O)NCc2ccccc2)N([C@@H](CO)[C@@H](C)CC)C(=O)[C@H]13. The molecule has 0 radical (unpaired) electrons. The Morgan fingerprint density at radius 3 is 2.67 bits per heavy atom. The minimum Gasteiger partial charge on any atom is -0.466 e. The van der Waals surface area contributed by atoms with Crippen LogP contribution in [0.25, 0.3) is 0 Å². The van der Waals surface area contributed by atoms with Crippen molar-refractivity contribution in [2.75, 3.05) is 13.2 Å². The maximum absolute atomic E-state index is 13.8. The first-order valence-electron chi connectivity index (χ1n) is 12.0. The predicted octanol–water partition coefficient (Wildman–Crippen LogP) is 1.65. The van der Waals surface area contributed by atoms with Crippen molar-refractivity contribution >= 4 is 17.8 Å². The van der Waals surface area contributed by atoms with Gasteiger partial charge in [-0.3, -0.25) is 14.4 Å². The van der Waals surface area contributed by atoms with Gasteiger partial charge in [-0.1, -0.05) is 50.6 Å². The molecule has 3 fully saturated rings. The number of hydrogen-bond donors (Lipinski definition) is 2. The van der Waals surface area contributed by atoms with Gasteiger partial charge in [-0.05, 0) is 31.2 Å². The standard InChI is InChI=1S/C25H34N2O6/c1-4-15(3)17(14-28)27-21(22(29)26-13-16-9-7-6-8-10-16)25-12-11-18(33-25)19(20(25)23(27)30)24(31)32-5-2/h6-10,15,17-21,28H,4-5,11-14H2,1-3H3,(H,26,29)/t15-,17-,18-,19+,20-,21?,25?/m0/s1. The lowest BCUT2D eigenvalue weighted by atomic mass is 9.70. The molecule has 8 nitrogen and oxygen atoms in total. The molecule has 7 atom stereocenters. The van der Waals surface area contributed by atoms with Crippen molar-refractivity contribution in [3.8, 4) is 0 Å². The van der Waals surface area contributed by atoms with Crippen LogP contribution in [0.2, 0.25) is 0 Å². The molecule has 3 aliphatic rings. The van der Waals surface area contributed by atoms with Crippen LogP contribution in [0.1, 0.15) is 45.6 Å². The molecule has 33 heavy (non-hydrogen) atoms. The molecule has 4 rings (SSSR count). The van der Waals surface area contributed by atoms with Crippen molar-refractivity contribution in [2.45, 2.75) is 70.4 Å². The molecule has 2 unspecified atom stereocenters. The van der Waals surface area contributed by atoms with E-state index in [1.165, 1.54) is 4.90 Å². The Kier molecular flexibility index (Phi) is 6.77. The number of benzene rings is 1. The molecule has 1 aromatic rings. The van der Waals surface area contributed by atoms with Crippen molar-refractivity contribution in [1.29, 1.82) is 0 Å². The van der Waals surface area contributed by atoms with Gasteiger partial charge in [-0.25, -0.2) is 0 Å². The number of hydrogen-bond acceptors (Lipinski definition) is 6. The number of fused-ring (bicyclic) bond motifs is 1. The quantitative estimate of drug-likeness (QED) is 0.545. The van der Waals surface area contributed by atoms with Crippen LogP contribution in [0.4, 0.5) is 0 Å². The molecule has 1 aromatic carbocycles. The predicted molar refractivity (Wildman–Crippen MR) is 120 cm³/mol. The fraction of sp³-hybridized carbons (Fsp3) is 0.640. The van der Waals surface area contributed by atoms with Crippen LogP contribution < -0.4 is 5.32 Å². The van der Waals surface area contributed by atoms with E-state index in [0.29, 0.717) is 19.4 Å². The van der Waals surface area contributed by atoms with Crippen LogP contribution in [0.15, 0.2) is 30.3 Å². The molecule has 180 valence electrons. The van der Waals surface area contributed by atoms with Gasteiger partial charge in [-0.2, -0.15) is 0 Å². The van der Waals surface area contributed by atoms with Crippen molar-refractivity contribution < 1.29 is 29.0 Å². The molecule has 0 aliphatic carbocycles. The second-order valence-corrected chi connectivity index (χ2v) is 9.39. The number of amides is 2. The molecule has 2 amide bonds. The molecule has 0 aromatic heterocycles. The van der Waals surface area contributed by atoms with Gasteiger partial charge < -0.3 is 24.8 Å². The highest BCUT2D eigenvalue weighted by Gasteiger charge is 2.75. The highest BCUT2D eigenvalue weighted by molar-refractivity contribution is 5.98. The summed E-state index contributed by atoms with van der Waals surface area (Å²) in [7, 11) is 0. The largest absolute Gasteiger partial charge is 0.466 e. The molecule has 2 bridgehead atoms. The van der Waals surface area contributed by atoms with E-state index in [4.69, 9.17) is 9.47 Å². The Labute approximate surface area is 194 Å². The van der Waals surface area contributed by atoms with Gasteiger partial charge in [0.15, 0.2) is 0 Å². The highest BCUT2D eigenvalue weighted by Crippen LogP contribution is 2.59. The average molecular weight is 459 g/mol. The van der Waals surface area contributed by atoms with Crippen LogP contribution in [0.3, 0.4) is 0 Å². The third-order valence-corrected chi connectivity index (χ3v) is 7.70. The van der Waals surface area contributed by atoms with E-state index in [-0.39, 0.29) is 30.9 Å². The number of nitrogens with zero attached hydrogens (tertiary/aromatic N) is 1. The van der Waals surface area contributed by atoms with Crippen LogP contribution in [-0.4, -0.2) is 64.8 Å². The fourth-order valence-corrected chi connectivity index (χ4v) is 5.95. The number of likely N-dealkylation sites (tertiary alicyclic amines) is 1. The fourth-order valence-electron chi connectivity index (χ4n) is 5.95. The Balaban J connectivity index is 1.70. The van der Waals surface area contributed by atoms with Gasteiger partial charge in [0.05, 0.1) is 37.2 Å². The number of carbonyl (C=O) groups is 3. The summed E-state index contributed by atoms with van der Waals surface area (Å²) in [4.78, 5) is 41.8. The van der Waals surface area contributed by atoms with Crippen molar-refractivity contribution in [2.24, 2.45) is 17.8 Å². The topological polar surface area (TPSA) is 105 Å². The third kappa shape index (κ3) is 3.83. The number of esters is 1. The van der Waals surface area contributed by atoms with Gasteiger partial charge in [0, 0.05) is 6.54 Å². The van der Waals surface area contributed by atoms with E-state index < -0.39 is 41.6 Å². The average Bonchev–Trinajstić information content (AvgIpc) is 3.46. The Morgan fingerprint density at radius 2 is 2.03 bits per heavy atom. The second-order valence-electron chi connectivity index (χ2n) is 9.39. The third-order valence-electron chi connectivity index (χ3n) is 7.70. The van der Waals surface area contributed by atoms with Gasteiger partial charge in [-0.15, -0.1) is 0 Å². The smallest absolute Gasteiger partial charge is 0.312 e. The zero-order valence-corrected chi connectivity index (χ0v) is 19.5. The van der Waals surface area contributed by atoms with E-state index >= 15 is 0 Å². The molecular weight excluding hydrogens is 424 g/mol. The summed E-state index contributed by atoms with van der Waals surface area (Å²) in [5.74, 6) is -2.59. The number of rotatable bonds is 9. The number of ether oxygens (including phenoxy) is 2. The van der Waals surface area contributed by atoms with Crippen molar-refractivity contribution in [3.05, 3.63) is 35.9 Å². The molecule has 2 N–H and O–H groups in total. The summed E-state index contributed by atoms with van der Waals surface area (Å²) in [5, 5.41) is 13.2. The van der Waals surface area contributed by atoms with Gasteiger partial charge in [0.1, 0.15) is 11.6 Å².